The van der Waals surface area contributed by atoms with Gasteiger partial charge in [-0.2, -0.15) is 4.72 Å². The summed E-state index contributed by atoms with van der Waals surface area (Å²) in [4.78, 5) is 13.3. The van der Waals surface area contributed by atoms with Gasteiger partial charge in [-0.3, -0.25) is 4.79 Å². The summed E-state index contributed by atoms with van der Waals surface area (Å²) in [6.07, 6.45) is 0. The number of amides is 1. The Labute approximate surface area is 126 Å². The summed E-state index contributed by atoms with van der Waals surface area (Å²) in [7, 11) is -0.667. The number of rotatable bonds is 4. The normalized spacial score (nSPS) is 13.0. The van der Waals surface area contributed by atoms with E-state index in [1.165, 1.54) is 11.8 Å². The number of nitrogens with zero attached hydrogens (tertiary/aromatic N) is 1. The van der Waals surface area contributed by atoms with Crippen molar-refractivity contribution in [1.29, 1.82) is 0 Å². The predicted octanol–water partition coefficient (Wildman–Crippen LogP) is 0.949. The smallest absolute Gasteiger partial charge is 0.241 e. The third-order valence-corrected chi connectivity index (χ3v) is 5.30. The zero-order valence-electron chi connectivity index (χ0n) is 13.3. The van der Waals surface area contributed by atoms with Crippen molar-refractivity contribution in [1.82, 2.24) is 9.62 Å². The van der Waals surface area contributed by atoms with E-state index in [-0.39, 0.29) is 10.8 Å². The second kappa shape index (κ2) is 6.03. The maximum atomic E-state index is 12.6. The number of nitrogens with one attached hydrogen (secondary N) is 1. The minimum Gasteiger partial charge on any atom is -0.398 e. The number of carbonyl (C=O) groups is 1. The highest BCUT2D eigenvalue weighted by molar-refractivity contribution is 7.89. The molecular weight excluding hydrogens is 290 g/mol. The van der Waals surface area contributed by atoms with Crippen LogP contribution in [0.2, 0.25) is 0 Å². The van der Waals surface area contributed by atoms with E-state index in [0.717, 1.165) is 5.56 Å². The Balaban J connectivity index is 3.30. The lowest BCUT2D eigenvalue weighted by Crippen LogP contribution is -2.44. The van der Waals surface area contributed by atoms with Crippen LogP contribution in [0.3, 0.4) is 0 Å². The molecule has 0 spiro atoms. The van der Waals surface area contributed by atoms with Crippen LogP contribution in [0.15, 0.2) is 11.0 Å². The molecule has 0 heterocycles. The monoisotopic (exact) mass is 313 g/mol. The van der Waals surface area contributed by atoms with Gasteiger partial charge in [0, 0.05) is 19.8 Å². The van der Waals surface area contributed by atoms with Gasteiger partial charge in [-0.1, -0.05) is 0 Å². The van der Waals surface area contributed by atoms with E-state index in [9.17, 15) is 13.2 Å². The number of hydrogen-bond donors (Lipinski definition) is 2. The van der Waals surface area contributed by atoms with Crippen molar-refractivity contribution in [3.63, 3.8) is 0 Å². The first-order valence-corrected chi connectivity index (χ1v) is 8.07. The van der Waals surface area contributed by atoms with Gasteiger partial charge in [0.15, 0.2) is 0 Å². The van der Waals surface area contributed by atoms with E-state index in [1.807, 2.05) is 0 Å². The number of carbonyl (C=O) groups excluding carboxylic acids is 1. The van der Waals surface area contributed by atoms with E-state index in [1.54, 1.807) is 40.9 Å². The van der Waals surface area contributed by atoms with Gasteiger partial charge in [-0.25, -0.2) is 8.42 Å². The molecule has 21 heavy (non-hydrogen) atoms. The molecule has 118 valence electrons. The van der Waals surface area contributed by atoms with Gasteiger partial charge in [0.1, 0.15) is 0 Å². The van der Waals surface area contributed by atoms with Crippen LogP contribution in [0.25, 0.3) is 0 Å². The fourth-order valence-electron chi connectivity index (χ4n) is 2.17. The van der Waals surface area contributed by atoms with Crippen LogP contribution in [0.5, 0.6) is 0 Å². The number of hydrogen-bond acceptors (Lipinski definition) is 4. The van der Waals surface area contributed by atoms with Gasteiger partial charge in [0.25, 0.3) is 0 Å². The molecule has 1 amide bonds. The number of anilines is 1. The highest BCUT2D eigenvalue weighted by Crippen LogP contribution is 2.27. The first-order chi connectivity index (χ1) is 9.49. The van der Waals surface area contributed by atoms with Crippen molar-refractivity contribution in [3.8, 4) is 0 Å². The number of benzene rings is 1. The number of nitrogen functional groups attached to an aromatic ring is 1. The van der Waals surface area contributed by atoms with E-state index in [0.29, 0.717) is 16.8 Å². The van der Waals surface area contributed by atoms with Crippen LogP contribution in [0.4, 0.5) is 5.69 Å². The molecule has 1 unspecified atom stereocenters. The van der Waals surface area contributed by atoms with Crippen molar-refractivity contribution >= 4 is 21.6 Å². The summed E-state index contributed by atoms with van der Waals surface area (Å²) in [5, 5.41) is 0. The number of nitrogens with two attached hydrogens (primary N) is 1. The molecule has 0 bridgehead atoms. The largest absolute Gasteiger partial charge is 0.398 e. The van der Waals surface area contributed by atoms with Crippen molar-refractivity contribution in [2.75, 3.05) is 19.8 Å². The van der Waals surface area contributed by atoms with E-state index in [2.05, 4.69) is 4.72 Å². The van der Waals surface area contributed by atoms with Gasteiger partial charge in [0.05, 0.1) is 10.9 Å². The average Bonchev–Trinajstić information content (AvgIpc) is 2.34. The van der Waals surface area contributed by atoms with Gasteiger partial charge >= 0.3 is 0 Å². The van der Waals surface area contributed by atoms with Crippen LogP contribution in [0.1, 0.15) is 23.6 Å². The molecule has 7 heteroatoms. The van der Waals surface area contributed by atoms with E-state index >= 15 is 0 Å². The second-order valence-electron chi connectivity index (χ2n) is 5.44. The first kappa shape index (κ1) is 17.5. The number of aryl methyl sites for hydroxylation is 1. The van der Waals surface area contributed by atoms with E-state index in [4.69, 9.17) is 5.73 Å². The van der Waals surface area contributed by atoms with Crippen molar-refractivity contribution < 1.29 is 13.2 Å². The fourth-order valence-corrected chi connectivity index (χ4v) is 3.94. The average molecular weight is 313 g/mol. The highest BCUT2D eigenvalue weighted by atomic mass is 32.2. The lowest BCUT2D eigenvalue weighted by atomic mass is 10.1. The molecule has 0 aliphatic carbocycles. The molecule has 1 aromatic carbocycles. The van der Waals surface area contributed by atoms with Gasteiger partial charge in [-0.15, -0.1) is 0 Å². The van der Waals surface area contributed by atoms with Gasteiger partial charge < -0.3 is 10.6 Å². The highest BCUT2D eigenvalue weighted by Gasteiger charge is 2.27. The van der Waals surface area contributed by atoms with Crippen molar-refractivity contribution in [2.24, 2.45) is 0 Å². The van der Waals surface area contributed by atoms with Crippen LogP contribution < -0.4 is 10.5 Å². The Morgan fingerprint density at radius 1 is 1.24 bits per heavy atom. The Morgan fingerprint density at radius 3 is 2.24 bits per heavy atom. The standard InChI is InChI=1S/C14H23N3O3S/c1-8-7-12(15)10(3)13(9(8)2)21(19,20)16-11(4)14(18)17(5)6/h7,11,16H,15H2,1-6H3. The maximum Gasteiger partial charge on any atom is 0.241 e. The summed E-state index contributed by atoms with van der Waals surface area (Å²) in [5.74, 6) is -0.311. The summed E-state index contributed by atoms with van der Waals surface area (Å²) in [6, 6.07) is 0.906. The Bertz CT molecular complexity index is 640. The molecule has 3 N–H and O–H groups in total. The van der Waals surface area contributed by atoms with Crippen LogP contribution in [-0.2, 0) is 14.8 Å². The lowest BCUT2D eigenvalue weighted by molar-refractivity contribution is -0.130. The minimum atomic E-state index is -3.82. The molecule has 0 fully saturated rings. The summed E-state index contributed by atoms with van der Waals surface area (Å²) in [6.45, 7) is 6.71. The molecule has 0 aromatic heterocycles. The van der Waals surface area contributed by atoms with Crippen LogP contribution >= 0.6 is 0 Å². The molecule has 0 radical (unpaired) electrons. The van der Waals surface area contributed by atoms with Gasteiger partial charge in [-0.05, 0) is 50.5 Å². The topological polar surface area (TPSA) is 92.5 Å². The molecule has 0 saturated carbocycles. The third kappa shape index (κ3) is 3.54. The van der Waals surface area contributed by atoms with Crippen molar-refractivity contribution in [3.05, 3.63) is 22.8 Å². The first-order valence-electron chi connectivity index (χ1n) is 6.58. The molecule has 0 saturated heterocycles. The Morgan fingerprint density at radius 2 is 1.76 bits per heavy atom. The Hall–Kier alpha value is -1.60. The molecule has 0 aliphatic heterocycles. The molecular formula is C14H23N3O3S. The maximum absolute atomic E-state index is 12.6. The SMILES string of the molecule is Cc1cc(N)c(C)c(S(=O)(=O)NC(C)C(=O)N(C)C)c1C. The fraction of sp³-hybridized carbons (Fsp3) is 0.500. The third-order valence-electron chi connectivity index (χ3n) is 3.49. The van der Waals surface area contributed by atoms with Crippen molar-refractivity contribution in [2.45, 2.75) is 38.6 Å². The molecule has 1 aromatic rings. The lowest BCUT2D eigenvalue weighted by Gasteiger charge is -2.20. The molecule has 1 rings (SSSR count). The summed E-state index contributed by atoms with van der Waals surface area (Å²) in [5.41, 5.74) is 8.21. The zero-order chi connectivity index (χ0) is 16.5. The second-order valence-corrected chi connectivity index (χ2v) is 7.09. The Kier molecular flexibility index (Phi) is 5.01. The van der Waals surface area contributed by atoms with Crippen LogP contribution in [-0.4, -0.2) is 39.4 Å². The summed E-state index contributed by atoms with van der Waals surface area (Å²) < 4.78 is 27.6. The number of likely N-dealkylation sites (N-methyl/N-ethyl adjacent to an activating group) is 1. The zero-order valence-corrected chi connectivity index (χ0v) is 14.1. The van der Waals surface area contributed by atoms with Gasteiger partial charge in [0.2, 0.25) is 15.9 Å². The molecule has 6 nitrogen and oxygen atoms in total. The molecule has 1 atom stereocenters. The van der Waals surface area contributed by atoms with E-state index < -0.39 is 16.1 Å². The molecule has 0 aliphatic rings. The quantitative estimate of drug-likeness (QED) is 0.809. The predicted molar refractivity (Wildman–Crippen MR) is 83.5 cm³/mol. The minimum absolute atomic E-state index is 0.151. The van der Waals surface area contributed by atoms with Crippen LogP contribution in [0, 0.1) is 20.8 Å². The summed E-state index contributed by atoms with van der Waals surface area (Å²) >= 11 is 0. The number of sulfonamides is 1.